The number of rotatable bonds is 7. The zero-order valence-corrected chi connectivity index (χ0v) is 16.8. The second-order valence-electron chi connectivity index (χ2n) is 5.45. The van der Waals surface area contributed by atoms with Gasteiger partial charge in [-0.1, -0.05) is 18.1 Å². The van der Waals surface area contributed by atoms with Crippen LogP contribution >= 0.6 is 15.9 Å². The van der Waals surface area contributed by atoms with Crippen molar-refractivity contribution in [2.45, 2.75) is 20.1 Å². The van der Waals surface area contributed by atoms with Crippen molar-refractivity contribution in [3.05, 3.63) is 57.1 Å². The minimum Gasteiger partial charge on any atom is -0.342 e. The van der Waals surface area contributed by atoms with Crippen molar-refractivity contribution in [3.8, 4) is 23.0 Å². The summed E-state index contributed by atoms with van der Waals surface area (Å²) in [6.07, 6.45) is -0.122. The van der Waals surface area contributed by atoms with Crippen LogP contribution in [-0.2, 0) is 9.47 Å². The van der Waals surface area contributed by atoms with Gasteiger partial charge in [0.1, 0.15) is 11.6 Å². The van der Waals surface area contributed by atoms with E-state index in [1.165, 1.54) is 12.1 Å². The average Bonchev–Trinajstić information content (AvgIpc) is 2.67. The van der Waals surface area contributed by atoms with Crippen LogP contribution in [0.3, 0.4) is 0 Å². The van der Waals surface area contributed by atoms with E-state index in [0.29, 0.717) is 36.9 Å². The van der Waals surface area contributed by atoms with Gasteiger partial charge in [0.25, 0.3) is 0 Å². The number of carbonyl (C=O) groups excluding carboxylic acids is 2. The van der Waals surface area contributed by atoms with E-state index in [0.717, 1.165) is 12.1 Å². The molecule has 0 aliphatic heterocycles. The molecule has 0 saturated carbocycles. The lowest BCUT2D eigenvalue weighted by atomic mass is 9.94. The third-order valence-corrected chi connectivity index (χ3v) is 4.65. The molecule has 0 spiro atoms. The number of halogens is 3. The standard InChI is InChI=1S/C21H17BrF2O4/c1-3-27-20(28-4-2)10-7-14-13(5-8-18(23)16(14)11-25)15-6-9-19(24)17(12-26)21(15)22/h5-6,8-9,11-12,20H,3-4H2,1-2H3. The zero-order chi connectivity index (χ0) is 20.7. The van der Waals surface area contributed by atoms with Gasteiger partial charge in [0.05, 0.1) is 11.1 Å². The largest absolute Gasteiger partial charge is 0.342 e. The Hall–Kier alpha value is -2.40. The molecule has 0 radical (unpaired) electrons. The van der Waals surface area contributed by atoms with Gasteiger partial charge in [-0.15, -0.1) is 0 Å². The smallest absolute Gasteiger partial charge is 0.222 e. The normalized spacial score (nSPS) is 10.5. The lowest BCUT2D eigenvalue weighted by Crippen LogP contribution is -2.15. The predicted octanol–water partition coefficient (Wildman–Crippen LogP) is 4.77. The van der Waals surface area contributed by atoms with Gasteiger partial charge in [-0.3, -0.25) is 9.59 Å². The molecule has 0 aliphatic carbocycles. The number of hydrogen-bond donors (Lipinski definition) is 0. The topological polar surface area (TPSA) is 52.6 Å². The Morgan fingerprint density at radius 1 is 0.964 bits per heavy atom. The van der Waals surface area contributed by atoms with E-state index in [4.69, 9.17) is 9.47 Å². The highest BCUT2D eigenvalue weighted by Gasteiger charge is 2.18. The molecule has 0 aromatic heterocycles. The molecule has 0 fully saturated rings. The van der Waals surface area contributed by atoms with Crippen LogP contribution in [0.1, 0.15) is 40.1 Å². The third-order valence-electron chi connectivity index (χ3n) is 3.80. The van der Waals surface area contributed by atoms with Gasteiger partial charge in [-0.2, -0.15) is 0 Å². The van der Waals surface area contributed by atoms with E-state index < -0.39 is 17.9 Å². The van der Waals surface area contributed by atoms with Crippen LogP contribution in [0.15, 0.2) is 28.7 Å². The SMILES string of the molecule is CCOC(C#Cc1c(-c2ccc(F)c(C=O)c2Br)ccc(F)c1C=O)OCC. The Bertz CT molecular complexity index is 942. The maximum Gasteiger partial charge on any atom is 0.222 e. The fourth-order valence-electron chi connectivity index (χ4n) is 2.52. The first-order valence-corrected chi connectivity index (χ1v) is 9.23. The molecule has 2 rings (SSSR count). The molecule has 7 heteroatoms. The fraction of sp³-hybridized carbons (Fsp3) is 0.238. The summed E-state index contributed by atoms with van der Waals surface area (Å²) in [5, 5.41) is 0. The molecule has 146 valence electrons. The Labute approximate surface area is 170 Å². The minimum atomic E-state index is -0.854. The van der Waals surface area contributed by atoms with E-state index in [2.05, 4.69) is 27.8 Å². The lowest BCUT2D eigenvalue weighted by Gasteiger charge is -2.13. The number of carbonyl (C=O) groups is 2. The first-order chi connectivity index (χ1) is 13.5. The van der Waals surface area contributed by atoms with Gasteiger partial charge in [-0.25, -0.2) is 8.78 Å². The van der Waals surface area contributed by atoms with Crippen LogP contribution in [-0.4, -0.2) is 32.1 Å². The van der Waals surface area contributed by atoms with Gasteiger partial charge in [0.2, 0.25) is 6.29 Å². The van der Waals surface area contributed by atoms with Crippen molar-refractivity contribution in [1.29, 1.82) is 0 Å². The van der Waals surface area contributed by atoms with Gasteiger partial charge < -0.3 is 9.47 Å². The van der Waals surface area contributed by atoms with Crippen molar-refractivity contribution < 1.29 is 27.8 Å². The predicted molar refractivity (Wildman–Crippen MR) is 104 cm³/mol. The molecular formula is C21H17BrF2O4. The van der Waals surface area contributed by atoms with Crippen LogP contribution in [0.2, 0.25) is 0 Å². The van der Waals surface area contributed by atoms with Crippen molar-refractivity contribution in [1.82, 2.24) is 0 Å². The molecule has 0 aliphatic rings. The van der Waals surface area contributed by atoms with Gasteiger partial charge in [0.15, 0.2) is 12.6 Å². The summed E-state index contributed by atoms with van der Waals surface area (Å²) in [7, 11) is 0. The Morgan fingerprint density at radius 3 is 2.04 bits per heavy atom. The van der Waals surface area contributed by atoms with Gasteiger partial charge in [0, 0.05) is 23.2 Å². The number of hydrogen-bond acceptors (Lipinski definition) is 4. The van der Waals surface area contributed by atoms with Gasteiger partial charge in [-0.05, 0) is 59.0 Å². The highest BCUT2D eigenvalue weighted by Crippen LogP contribution is 2.35. The Kier molecular flexibility index (Phi) is 8.00. The van der Waals surface area contributed by atoms with E-state index in [1.54, 1.807) is 13.8 Å². The molecule has 0 bridgehead atoms. The number of aldehydes is 2. The highest BCUT2D eigenvalue weighted by molar-refractivity contribution is 9.10. The van der Waals surface area contributed by atoms with Crippen LogP contribution in [0, 0.1) is 23.5 Å². The molecule has 0 heterocycles. The molecule has 2 aromatic carbocycles. The maximum absolute atomic E-state index is 14.2. The average molecular weight is 451 g/mol. The first kappa shape index (κ1) is 21.9. The Balaban J connectivity index is 2.72. The second kappa shape index (κ2) is 10.2. The van der Waals surface area contributed by atoms with E-state index in [-0.39, 0.29) is 21.2 Å². The summed E-state index contributed by atoms with van der Waals surface area (Å²) in [5.74, 6) is 4.02. The highest BCUT2D eigenvalue weighted by atomic mass is 79.9. The molecule has 0 N–H and O–H groups in total. The lowest BCUT2D eigenvalue weighted by molar-refractivity contribution is -0.0969. The van der Waals surface area contributed by atoms with Crippen molar-refractivity contribution >= 4 is 28.5 Å². The van der Waals surface area contributed by atoms with Crippen molar-refractivity contribution in [2.24, 2.45) is 0 Å². The molecule has 0 amide bonds. The van der Waals surface area contributed by atoms with E-state index >= 15 is 0 Å². The molecule has 2 aromatic rings. The van der Waals surface area contributed by atoms with Crippen LogP contribution in [0.4, 0.5) is 8.78 Å². The van der Waals surface area contributed by atoms with E-state index in [1.807, 2.05) is 0 Å². The summed E-state index contributed by atoms with van der Waals surface area (Å²) in [6.45, 7) is 4.24. The molecule has 0 atom stereocenters. The summed E-state index contributed by atoms with van der Waals surface area (Å²) in [4.78, 5) is 22.7. The number of ether oxygens (including phenoxy) is 2. The van der Waals surface area contributed by atoms with Crippen LogP contribution in [0.5, 0.6) is 0 Å². The number of benzene rings is 2. The maximum atomic E-state index is 14.2. The summed E-state index contributed by atoms with van der Waals surface area (Å²) in [6, 6.07) is 5.06. The molecule has 4 nitrogen and oxygen atoms in total. The van der Waals surface area contributed by atoms with Crippen molar-refractivity contribution in [2.75, 3.05) is 13.2 Å². The van der Waals surface area contributed by atoms with Crippen molar-refractivity contribution in [3.63, 3.8) is 0 Å². The second-order valence-corrected chi connectivity index (χ2v) is 6.25. The van der Waals surface area contributed by atoms with Gasteiger partial charge >= 0.3 is 0 Å². The van der Waals surface area contributed by atoms with E-state index in [9.17, 15) is 18.4 Å². The minimum absolute atomic E-state index is 0.0866. The monoisotopic (exact) mass is 450 g/mol. The molecule has 0 saturated heterocycles. The Morgan fingerprint density at radius 2 is 1.50 bits per heavy atom. The fourth-order valence-corrected chi connectivity index (χ4v) is 3.15. The van der Waals surface area contributed by atoms with Crippen LogP contribution < -0.4 is 0 Å². The molecule has 0 unspecified atom stereocenters. The molecular weight excluding hydrogens is 434 g/mol. The molecule has 28 heavy (non-hydrogen) atoms. The first-order valence-electron chi connectivity index (χ1n) is 8.44. The zero-order valence-electron chi connectivity index (χ0n) is 15.2. The third kappa shape index (κ3) is 4.71. The summed E-state index contributed by atoms with van der Waals surface area (Å²) >= 11 is 3.21. The quantitative estimate of drug-likeness (QED) is 0.346. The summed E-state index contributed by atoms with van der Waals surface area (Å²) in [5.41, 5.74) is 0.400. The summed E-state index contributed by atoms with van der Waals surface area (Å²) < 4.78 is 38.9. The van der Waals surface area contributed by atoms with Crippen LogP contribution in [0.25, 0.3) is 11.1 Å².